The molecule has 0 saturated carbocycles. The zero-order valence-corrected chi connectivity index (χ0v) is 17.3. The van der Waals surface area contributed by atoms with Gasteiger partial charge in [0.05, 0.1) is 16.5 Å². The average Bonchev–Trinajstić information content (AvgIpc) is 3.47. The molecule has 1 fully saturated rings. The number of carbonyl (C=O) groups excluding carboxylic acids is 1. The molecule has 5 rings (SSSR count). The topological polar surface area (TPSA) is 82.1 Å². The van der Waals surface area contributed by atoms with Gasteiger partial charge in [-0.2, -0.15) is 5.10 Å². The molecule has 0 spiro atoms. The normalized spacial score (nSPS) is 16.4. The number of benzene rings is 2. The summed E-state index contributed by atoms with van der Waals surface area (Å²) in [5.74, 6) is -2.30. The molecule has 3 heterocycles. The van der Waals surface area contributed by atoms with Gasteiger partial charge in [0, 0.05) is 18.5 Å². The number of aromatic nitrogens is 3. The number of thiazole rings is 1. The van der Waals surface area contributed by atoms with Crippen LogP contribution in [0.1, 0.15) is 22.5 Å². The van der Waals surface area contributed by atoms with Crippen LogP contribution in [0.2, 0.25) is 0 Å². The van der Waals surface area contributed by atoms with E-state index in [-0.39, 0.29) is 18.1 Å². The van der Waals surface area contributed by atoms with E-state index in [0.29, 0.717) is 34.1 Å². The smallest absolute Gasteiger partial charge is 0.274 e. The number of carbonyl (C=O) groups is 1. The molecule has 0 unspecified atom stereocenters. The van der Waals surface area contributed by atoms with Crippen molar-refractivity contribution in [1.82, 2.24) is 20.1 Å². The van der Waals surface area contributed by atoms with Crippen molar-refractivity contribution in [2.45, 2.75) is 19.4 Å². The number of aromatic amines is 1. The Bertz CT molecular complexity index is 1320. The lowest BCUT2D eigenvalue weighted by molar-refractivity contribution is 0.0761. The predicted molar refractivity (Wildman–Crippen MR) is 114 cm³/mol. The van der Waals surface area contributed by atoms with Gasteiger partial charge in [-0.05, 0) is 36.6 Å². The molecule has 158 valence electrons. The van der Waals surface area contributed by atoms with Crippen LogP contribution in [0.3, 0.4) is 0 Å². The molecular weight excluding hydrogens is 422 g/mol. The maximum Gasteiger partial charge on any atom is 0.274 e. The fourth-order valence-electron chi connectivity index (χ4n) is 3.83. The molecule has 4 aromatic rings. The molecule has 2 aromatic heterocycles. The fourth-order valence-corrected chi connectivity index (χ4v) is 4.89. The Balaban J connectivity index is 1.66. The monoisotopic (exact) mass is 440 g/mol. The quantitative estimate of drug-likeness (QED) is 0.502. The van der Waals surface area contributed by atoms with E-state index in [1.807, 2.05) is 25.1 Å². The Kier molecular flexibility index (Phi) is 4.79. The van der Waals surface area contributed by atoms with E-state index >= 15 is 0 Å². The number of likely N-dealkylation sites (tertiary alicyclic amines) is 1. The van der Waals surface area contributed by atoms with Crippen molar-refractivity contribution in [3.05, 3.63) is 59.3 Å². The number of hydrogen-bond donors (Lipinski definition) is 2. The zero-order valence-electron chi connectivity index (χ0n) is 16.5. The third-order valence-corrected chi connectivity index (χ3v) is 6.58. The van der Waals surface area contributed by atoms with E-state index in [9.17, 15) is 18.7 Å². The Morgan fingerprint density at radius 2 is 2.10 bits per heavy atom. The van der Waals surface area contributed by atoms with Gasteiger partial charge in [-0.3, -0.25) is 9.89 Å². The number of rotatable bonds is 3. The maximum atomic E-state index is 13.9. The van der Waals surface area contributed by atoms with Gasteiger partial charge in [0.2, 0.25) is 0 Å². The highest BCUT2D eigenvalue weighted by Gasteiger charge is 2.30. The summed E-state index contributed by atoms with van der Waals surface area (Å²) in [4.78, 5) is 19.8. The number of halogens is 2. The highest BCUT2D eigenvalue weighted by atomic mass is 32.1. The van der Waals surface area contributed by atoms with Crippen LogP contribution in [0.4, 0.5) is 8.78 Å². The predicted octanol–water partition coefficient (Wildman–Crippen LogP) is 4.15. The van der Waals surface area contributed by atoms with Crippen LogP contribution in [0.15, 0.2) is 36.4 Å². The van der Waals surface area contributed by atoms with Crippen molar-refractivity contribution in [2.75, 3.05) is 13.1 Å². The van der Waals surface area contributed by atoms with Gasteiger partial charge in [0.25, 0.3) is 5.91 Å². The Hall–Kier alpha value is -3.17. The SMILES string of the molecule is Cc1cccc2c(-c3nc(C(=O)N4CC[C@H](O)C4)c(-c4ccc(F)c(F)c4)s3)[nH]nc12. The number of β-amino-alcohol motifs (C(OH)–C–C–N with tert-alkyl or cyclic N) is 1. The maximum absolute atomic E-state index is 13.9. The van der Waals surface area contributed by atoms with Gasteiger partial charge in [-0.15, -0.1) is 11.3 Å². The summed E-state index contributed by atoms with van der Waals surface area (Å²) < 4.78 is 27.4. The van der Waals surface area contributed by atoms with Gasteiger partial charge < -0.3 is 10.0 Å². The summed E-state index contributed by atoms with van der Waals surface area (Å²) in [5.41, 5.74) is 2.98. The number of aliphatic hydroxyl groups is 1. The highest BCUT2D eigenvalue weighted by Crippen LogP contribution is 2.38. The van der Waals surface area contributed by atoms with E-state index in [1.165, 1.54) is 22.3 Å². The van der Waals surface area contributed by atoms with Crippen molar-refractivity contribution in [2.24, 2.45) is 0 Å². The molecule has 31 heavy (non-hydrogen) atoms. The van der Waals surface area contributed by atoms with Crippen LogP contribution >= 0.6 is 11.3 Å². The largest absolute Gasteiger partial charge is 0.391 e. The fraction of sp³-hybridized carbons (Fsp3) is 0.227. The number of nitrogens with one attached hydrogen (secondary N) is 1. The lowest BCUT2D eigenvalue weighted by Crippen LogP contribution is -2.30. The Morgan fingerprint density at radius 1 is 1.26 bits per heavy atom. The molecule has 2 aromatic carbocycles. The van der Waals surface area contributed by atoms with Crippen LogP contribution < -0.4 is 0 Å². The molecule has 6 nitrogen and oxygen atoms in total. The molecule has 2 N–H and O–H groups in total. The minimum absolute atomic E-state index is 0.149. The first-order valence-electron chi connectivity index (χ1n) is 9.80. The van der Waals surface area contributed by atoms with Crippen LogP contribution in [-0.4, -0.2) is 50.3 Å². The molecular formula is C22H18F2N4O2S. The van der Waals surface area contributed by atoms with Crippen LogP contribution in [-0.2, 0) is 0 Å². The average molecular weight is 440 g/mol. The Labute approximate surface area is 180 Å². The second-order valence-electron chi connectivity index (χ2n) is 7.59. The van der Waals surface area contributed by atoms with Crippen molar-refractivity contribution in [3.8, 4) is 21.1 Å². The number of aliphatic hydroxyl groups excluding tert-OH is 1. The number of nitrogens with zero attached hydrogens (tertiary/aromatic N) is 3. The third kappa shape index (κ3) is 3.39. The molecule has 0 bridgehead atoms. The molecule has 1 saturated heterocycles. The van der Waals surface area contributed by atoms with Crippen molar-refractivity contribution >= 4 is 28.1 Å². The summed E-state index contributed by atoms with van der Waals surface area (Å²) in [7, 11) is 0. The molecule has 1 atom stereocenters. The summed E-state index contributed by atoms with van der Waals surface area (Å²) in [6.07, 6.45) is -0.0819. The van der Waals surface area contributed by atoms with E-state index < -0.39 is 17.7 Å². The minimum Gasteiger partial charge on any atom is -0.391 e. The number of H-pyrrole nitrogens is 1. The first-order chi connectivity index (χ1) is 14.9. The second kappa shape index (κ2) is 7.51. The van der Waals surface area contributed by atoms with E-state index in [2.05, 4.69) is 15.2 Å². The van der Waals surface area contributed by atoms with Crippen molar-refractivity contribution in [1.29, 1.82) is 0 Å². The van der Waals surface area contributed by atoms with Crippen LogP contribution in [0.25, 0.3) is 32.0 Å². The zero-order chi connectivity index (χ0) is 21.7. The first-order valence-corrected chi connectivity index (χ1v) is 10.6. The number of aryl methyl sites for hydroxylation is 1. The summed E-state index contributed by atoms with van der Waals surface area (Å²) in [6, 6.07) is 9.32. The van der Waals surface area contributed by atoms with Crippen molar-refractivity contribution < 1.29 is 18.7 Å². The molecule has 0 aliphatic carbocycles. The molecule has 0 radical (unpaired) electrons. The number of hydrogen-bond acceptors (Lipinski definition) is 5. The first kappa shape index (κ1) is 19.8. The van der Waals surface area contributed by atoms with Gasteiger partial charge in [-0.1, -0.05) is 24.3 Å². The van der Waals surface area contributed by atoms with Crippen LogP contribution in [0.5, 0.6) is 0 Å². The molecule has 1 aliphatic heterocycles. The van der Waals surface area contributed by atoms with Gasteiger partial charge >= 0.3 is 0 Å². The molecule has 9 heteroatoms. The van der Waals surface area contributed by atoms with Crippen LogP contribution in [0, 0.1) is 18.6 Å². The minimum atomic E-state index is -0.995. The molecule has 1 aliphatic rings. The second-order valence-corrected chi connectivity index (χ2v) is 8.59. The summed E-state index contributed by atoms with van der Waals surface area (Å²) >= 11 is 1.21. The summed E-state index contributed by atoms with van der Waals surface area (Å²) in [6.45, 7) is 2.58. The Morgan fingerprint density at radius 3 is 2.84 bits per heavy atom. The van der Waals surface area contributed by atoms with Gasteiger partial charge in [-0.25, -0.2) is 13.8 Å². The van der Waals surface area contributed by atoms with Gasteiger partial charge in [0.1, 0.15) is 16.4 Å². The van der Waals surface area contributed by atoms with E-state index in [4.69, 9.17) is 0 Å². The lowest BCUT2D eigenvalue weighted by Gasteiger charge is -2.14. The number of para-hydroxylation sites is 1. The van der Waals surface area contributed by atoms with E-state index in [0.717, 1.165) is 28.6 Å². The van der Waals surface area contributed by atoms with E-state index in [1.54, 1.807) is 0 Å². The molecule has 1 amide bonds. The van der Waals surface area contributed by atoms with Gasteiger partial charge in [0.15, 0.2) is 11.6 Å². The standard InChI is InChI=1S/C22H18F2N4O2S/c1-11-3-2-4-14-17(11)26-27-18(14)21-25-19(22(30)28-8-7-13(29)10-28)20(31-21)12-5-6-15(23)16(24)9-12/h2-6,9,13,29H,7-8,10H2,1H3,(H,26,27)/t13-/m0/s1. The summed E-state index contributed by atoms with van der Waals surface area (Å²) in [5, 5.41) is 18.6. The number of fused-ring (bicyclic) bond motifs is 1. The third-order valence-electron chi connectivity index (χ3n) is 5.46. The highest BCUT2D eigenvalue weighted by molar-refractivity contribution is 7.18. The lowest BCUT2D eigenvalue weighted by atomic mass is 10.1. The van der Waals surface area contributed by atoms with Crippen molar-refractivity contribution in [3.63, 3.8) is 0 Å². The number of amides is 1.